The molecule has 0 aliphatic heterocycles. The summed E-state index contributed by atoms with van der Waals surface area (Å²) in [5, 5.41) is -0.0695. The average molecular weight is 452 g/mol. The van der Waals surface area contributed by atoms with Crippen molar-refractivity contribution >= 4 is 55.0 Å². The van der Waals surface area contributed by atoms with E-state index < -0.39 is 10.1 Å². The lowest BCUT2D eigenvalue weighted by molar-refractivity contribution is -0.116. The van der Waals surface area contributed by atoms with Gasteiger partial charge in [-0.2, -0.15) is 8.42 Å². The molecule has 24 heavy (non-hydrogen) atoms. The third-order valence-electron chi connectivity index (χ3n) is 3.11. The number of ketones is 1. The van der Waals surface area contributed by atoms with Gasteiger partial charge in [0.2, 0.25) is 0 Å². The molecular formula is C16H13BrCl2O4S. The molecule has 2 aromatic rings. The van der Waals surface area contributed by atoms with Crippen LogP contribution in [0.3, 0.4) is 0 Å². The number of hydrogen-bond donors (Lipinski definition) is 0. The van der Waals surface area contributed by atoms with E-state index in [-0.39, 0.29) is 26.5 Å². The zero-order valence-corrected chi connectivity index (χ0v) is 16.5. The molecule has 0 saturated heterocycles. The van der Waals surface area contributed by atoms with Crippen LogP contribution in [0, 0.1) is 0 Å². The average Bonchev–Trinajstić information content (AvgIpc) is 2.44. The lowest BCUT2D eigenvalue weighted by Gasteiger charge is -2.11. The van der Waals surface area contributed by atoms with E-state index in [2.05, 4.69) is 15.9 Å². The number of carbonyl (C=O) groups excluding carboxylic acids is 1. The summed E-state index contributed by atoms with van der Waals surface area (Å²) < 4.78 is 30.5. The molecule has 8 heteroatoms. The number of hydrogen-bond acceptors (Lipinski definition) is 4. The number of Topliss-reactive ketones (excluding diaryl/α,β-unsaturated/α-hetero) is 1. The van der Waals surface area contributed by atoms with Crippen molar-refractivity contribution in [1.29, 1.82) is 0 Å². The minimum atomic E-state index is -4.17. The van der Waals surface area contributed by atoms with Crippen LogP contribution >= 0.6 is 39.1 Å². The van der Waals surface area contributed by atoms with Gasteiger partial charge in [0, 0.05) is 10.9 Å². The second kappa shape index (κ2) is 7.87. The van der Waals surface area contributed by atoms with Crippen molar-refractivity contribution in [3.63, 3.8) is 0 Å². The van der Waals surface area contributed by atoms with Crippen LogP contribution in [0.4, 0.5) is 0 Å². The first-order valence-corrected chi connectivity index (χ1v) is 9.82. The predicted octanol–water partition coefficient (Wildman–Crippen LogP) is 5.05. The van der Waals surface area contributed by atoms with Crippen LogP contribution in [0.2, 0.25) is 10.0 Å². The molecule has 0 aromatic heterocycles. The molecule has 0 bridgehead atoms. The highest BCUT2D eigenvalue weighted by Gasteiger charge is 2.24. The summed E-state index contributed by atoms with van der Waals surface area (Å²) in [4.78, 5) is 10.7. The Morgan fingerprint density at radius 2 is 1.67 bits per heavy atom. The number of halogens is 3. The van der Waals surface area contributed by atoms with Gasteiger partial charge in [0.15, 0.2) is 0 Å². The second-order valence-corrected chi connectivity index (χ2v) is 8.30. The van der Waals surface area contributed by atoms with E-state index in [9.17, 15) is 13.2 Å². The maximum atomic E-state index is 12.4. The molecule has 0 heterocycles. The van der Waals surface area contributed by atoms with Crippen molar-refractivity contribution in [2.24, 2.45) is 0 Å². The minimum absolute atomic E-state index is 0.0348. The van der Waals surface area contributed by atoms with Gasteiger partial charge in [-0.1, -0.05) is 51.3 Å². The molecule has 4 nitrogen and oxygen atoms in total. The monoisotopic (exact) mass is 450 g/mol. The SMILES string of the molecule is CC(=O)CCc1ccc(OS(=O)(=O)c2c(Cl)cc(Br)cc2Cl)cc1. The number of rotatable bonds is 6. The van der Waals surface area contributed by atoms with Gasteiger partial charge in [0.05, 0.1) is 10.0 Å². The molecule has 2 aromatic carbocycles. The Morgan fingerprint density at radius 1 is 1.12 bits per heavy atom. The molecule has 0 aliphatic carbocycles. The van der Waals surface area contributed by atoms with E-state index in [0.717, 1.165) is 5.56 Å². The zero-order valence-electron chi connectivity index (χ0n) is 12.6. The first-order valence-electron chi connectivity index (χ1n) is 6.86. The van der Waals surface area contributed by atoms with Crippen LogP contribution in [0.5, 0.6) is 5.75 Å². The van der Waals surface area contributed by atoms with E-state index in [1.54, 1.807) is 12.1 Å². The van der Waals surface area contributed by atoms with Gasteiger partial charge in [-0.15, -0.1) is 0 Å². The van der Waals surface area contributed by atoms with Gasteiger partial charge in [-0.25, -0.2) is 0 Å². The van der Waals surface area contributed by atoms with Crippen LogP contribution < -0.4 is 4.18 Å². The van der Waals surface area contributed by atoms with Gasteiger partial charge >= 0.3 is 10.1 Å². The fourth-order valence-electron chi connectivity index (χ4n) is 1.97. The third-order valence-corrected chi connectivity index (χ3v) is 5.74. The van der Waals surface area contributed by atoms with Crippen LogP contribution in [0.25, 0.3) is 0 Å². The Labute approximate surface area is 159 Å². The highest BCUT2D eigenvalue weighted by atomic mass is 79.9. The number of carbonyl (C=O) groups is 1. The fourth-order valence-corrected chi connectivity index (χ4v) is 4.79. The molecule has 0 amide bonds. The molecule has 2 rings (SSSR count). The number of benzene rings is 2. The third kappa shape index (κ3) is 4.96. The Morgan fingerprint density at radius 3 is 2.17 bits per heavy atom. The zero-order chi connectivity index (χ0) is 17.9. The topological polar surface area (TPSA) is 60.4 Å². The van der Waals surface area contributed by atoms with E-state index >= 15 is 0 Å². The maximum Gasteiger partial charge on any atom is 0.342 e. The van der Waals surface area contributed by atoms with E-state index in [1.165, 1.54) is 31.2 Å². The molecule has 0 radical (unpaired) electrons. The second-order valence-electron chi connectivity index (χ2n) is 5.08. The fraction of sp³-hybridized carbons (Fsp3) is 0.188. The van der Waals surface area contributed by atoms with Crippen molar-refractivity contribution in [3.8, 4) is 5.75 Å². The van der Waals surface area contributed by atoms with Crippen LogP contribution in [-0.2, 0) is 21.3 Å². The molecular weight excluding hydrogens is 439 g/mol. The Kier molecular flexibility index (Phi) is 6.31. The van der Waals surface area contributed by atoms with Gasteiger partial charge in [-0.05, 0) is 43.2 Å². The molecule has 0 N–H and O–H groups in total. The first kappa shape index (κ1) is 19.2. The Bertz CT molecular complexity index is 841. The highest BCUT2D eigenvalue weighted by Crippen LogP contribution is 2.34. The summed E-state index contributed by atoms with van der Waals surface area (Å²) in [6.07, 6.45) is 1.02. The predicted molar refractivity (Wildman–Crippen MR) is 97.4 cm³/mol. The minimum Gasteiger partial charge on any atom is -0.379 e. The summed E-state index contributed by atoms with van der Waals surface area (Å²) in [6.45, 7) is 1.52. The molecule has 0 unspecified atom stereocenters. The van der Waals surface area contributed by atoms with Crippen molar-refractivity contribution in [1.82, 2.24) is 0 Å². The van der Waals surface area contributed by atoms with Crippen molar-refractivity contribution < 1.29 is 17.4 Å². The quantitative estimate of drug-likeness (QED) is 0.577. The highest BCUT2D eigenvalue weighted by molar-refractivity contribution is 9.10. The number of aryl methyl sites for hydroxylation is 1. The van der Waals surface area contributed by atoms with Gasteiger partial charge < -0.3 is 8.98 Å². The molecule has 0 spiro atoms. The van der Waals surface area contributed by atoms with Gasteiger partial charge in [0.25, 0.3) is 0 Å². The van der Waals surface area contributed by atoms with Crippen molar-refractivity contribution in [2.75, 3.05) is 0 Å². The van der Waals surface area contributed by atoms with Crippen molar-refractivity contribution in [2.45, 2.75) is 24.7 Å². The van der Waals surface area contributed by atoms with Crippen LogP contribution in [0.15, 0.2) is 45.8 Å². The summed E-state index contributed by atoms with van der Waals surface area (Å²) in [7, 11) is -4.17. The largest absolute Gasteiger partial charge is 0.379 e. The summed E-state index contributed by atoms with van der Waals surface area (Å²) >= 11 is 15.1. The maximum absolute atomic E-state index is 12.4. The molecule has 0 fully saturated rings. The lowest BCUT2D eigenvalue weighted by atomic mass is 10.1. The standard InChI is InChI=1S/C16H13BrCl2O4S/c1-10(20)2-3-11-4-6-13(7-5-11)23-24(21,22)16-14(18)8-12(17)9-15(16)19/h4-9H,2-3H2,1H3. The molecule has 0 atom stereocenters. The smallest absolute Gasteiger partial charge is 0.342 e. The summed E-state index contributed by atoms with van der Waals surface area (Å²) in [6, 6.07) is 9.31. The van der Waals surface area contributed by atoms with Gasteiger partial charge in [0.1, 0.15) is 16.4 Å². The van der Waals surface area contributed by atoms with Crippen molar-refractivity contribution in [3.05, 3.63) is 56.5 Å². The normalized spacial score (nSPS) is 11.3. The lowest BCUT2D eigenvalue weighted by Crippen LogP contribution is -2.11. The molecule has 0 saturated carbocycles. The Balaban J connectivity index is 2.22. The van der Waals surface area contributed by atoms with Gasteiger partial charge in [-0.3, -0.25) is 0 Å². The van der Waals surface area contributed by atoms with Crippen LogP contribution in [-0.4, -0.2) is 14.2 Å². The summed E-state index contributed by atoms with van der Waals surface area (Å²) in [5.74, 6) is 0.231. The Hall–Kier alpha value is -1.08. The summed E-state index contributed by atoms with van der Waals surface area (Å²) in [5.41, 5.74) is 0.912. The van der Waals surface area contributed by atoms with E-state index in [4.69, 9.17) is 27.4 Å². The van der Waals surface area contributed by atoms with E-state index in [0.29, 0.717) is 17.3 Å². The van der Waals surface area contributed by atoms with Crippen LogP contribution in [0.1, 0.15) is 18.9 Å². The first-order chi connectivity index (χ1) is 11.2. The molecule has 128 valence electrons. The molecule has 0 aliphatic rings. The van der Waals surface area contributed by atoms with E-state index in [1.807, 2.05) is 0 Å².